The van der Waals surface area contributed by atoms with Crippen molar-refractivity contribution >= 4 is 50.3 Å². The van der Waals surface area contributed by atoms with Gasteiger partial charge in [0.25, 0.3) is 5.91 Å². The Hall–Kier alpha value is -2.54. The number of thiocarbonyl (C=S) groups is 2. The molecular weight excluding hydrogens is 420 g/mol. The maximum absolute atomic E-state index is 12.3. The number of amides is 1. The Labute approximate surface area is 173 Å². The largest absolute Gasteiger partial charge is 0.287 e. The van der Waals surface area contributed by atoms with Gasteiger partial charge in [-0.1, -0.05) is 54.8 Å². The van der Waals surface area contributed by atoms with Gasteiger partial charge in [-0.25, -0.2) is 8.42 Å². The Kier molecular flexibility index (Phi) is 7.45. The number of rotatable bonds is 6. The van der Waals surface area contributed by atoms with Gasteiger partial charge >= 0.3 is 0 Å². The Morgan fingerprint density at radius 3 is 2.36 bits per heavy atom. The summed E-state index contributed by atoms with van der Waals surface area (Å²) in [5.41, 5.74) is 3.42. The molecule has 0 aliphatic heterocycles. The number of aromatic nitrogens is 2. The summed E-state index contributed by atoms with van der Waals surface area (Å²) in [5.74, 6) is -1.59. The standard InChI is InChI=1S/C16H18N6O3S3/c1-21(16(27)13-10-17-8-9-18-13)19-14(23)11-28(24,25)20-22(2)15(26)12-6-4-3-5-7-12/h3-10,20H,11H2,1-2H3,(H,19,23). The molecule has 0 spiro atoms. The van der Waals surface area contributed by atoms with E-state index in [1.165, 1.54) is 42.7 Å². The molecule has 0 aliphatic carbocycles. The number of hydrogen-bond acceptors (Lipinski definition) is 7. The number of nitrogens with zero attached hydrogens (tertiary/aromatic N) is 4. The second-order valence-corrected chi connectivity index (χ2v) is 8.04. The first-order valence-corrected chi connectivity index (χ1v) is 10.3. The van der Waals surface area contributed by atoms with Crippen LogP contribution in [0.15, 0.2) is 48.9 Å². The number of carbonyl (C=O) groups is 1. The van der Waals surface area contributed by atoms with Crippen LogP contribution in [0.4, 0.5) is 0 Å². The van der Waals surface area contributed by atoms with Crippen LogP contribution in [0, 0.1) is 0 Å². The number of sulfonamides is 1. The maximum atomic E-state index is 12.3. The molecule has 1 amide bonds. The molecular formula is C16H18N6O3S3. The van der Waals surface area contributed by atoms with Crippen molar-refractivity contribution in [2.24, 2.45) is 0 Å². The van der Waals surface area contributed by atoms with E-state index in [9.17, 15) is 13.2 Å². The smallest absolute Gasteiger partial charge is 0.255 e. The summed E-state index contributed by atoms with van der Waals surface area (Å²) in [6, 6.07) is 8.90. The quantitative estimate of drug-likeness (QED) is 0.485. The molecule has 2 N–H and O–H groups in total. The third-order valence-electron chi connectivity index (χ3n) is 3.30. The van der Waals surface area contributed by atoms with E-state index < -0.39 is 21.7 Å². The molecule has 1 aromatic heterocycles. The third kappa shape index (κ3) is 6.27. The minimum atomic E-state index is -3.99. The topological polar surface area (TPSA) is 108 Å². The van der Waals surface area contributed by atoms with Crippen molar-refractivity contribution in [3.8, 4) is 0 Å². The van der Waals surface area contributed by atoms with E-state index in [1.54, 1.807) is 24.3 Å². The molecule has 28 heavy (non-hydrogen) atoms. The first-order chi connectivity index (χ1) is 13.2. The van der Waals surface area contributed by atoms with Gasteiger partial charge in [0.15, 0.2) is 0 Å². The summed E-state index contributed by atoms with van der Waals surface area (Å²) in [4.78, 5) is 22.7. The molecule has 1 aromatic carbocycles. The van der Waals surface area contributed by atoms with E-state index in [0.29, 0.717) is 11.3 Å². The zero-order chi connectivity index (χ0) is 20.7. The summed E-state index contributed by atoms with van der Waals surface area (Å²) in [7, 11) is -1.05. The summed E-state index contributed by atoms with van der Waals surface area (Å²) < 4.78 is 24.5. The van der Waals surface area contributed by atoms with Crippen molar-refractivity contribution < 1.29 is 13.2 Å². The van der Waals surface area contributed by atoms with Gasteiger partial charge in [0.1, 0.15) is 21.4 Å². The average Bonchev–Trinajstić information content (AvgIpc) is 2.67. The molecule has 2 rings (SSSR count). The number of hydrogen-bond donors (Lipinski definition) is 2. The monoisotopic (exact) mass is 438 g/mol. The number of benzene rings is 1. The molecule has 1 heterocycles. The highest BCUT2D eigenvalue weighted by atomic mass is 32.2. The van der Waals surface area contributed by atoms with Gasteiger partial charge in [-0.15, -0.1) is 4.83 Å². The molecule has 2 aromatic rings. The molecule has 148 valence electrons. The molecule has 0 bridgehead atoms. The highest BCUT2D eigenvalue weighted by Gasteiger charge is 2.21. The predicted octanol–water partition coefficient (Wildman–Crippen LogP) is 0.257. The van der Waals surface area contributed by atoms with Crippen molar-refractivity contribution in [2.75, 3.05) is 19.8 Å². The van der Waals surface area contributed by atoms with Crippen LogP contribution in [0.2, 0.25) is 0 Å². The zero-order valence-electron chi connectivity index (χ0n) is 15.1. The summed E-state index contributed by atoms with van der Waals surface area (Å²) in [6.07, 6.45) is 4.37. The molecule has 9 nitrogen and oxygen atoms in total. The second-order valence-electron chi connectivity index (χ2n) is 5.57. The van der Waals surface area contributed by atoms with Gasteiger partial charge in [0, 0.05) is 32.1 Å². The average molecular weight is 439 g/mol. The number of carbonyl (C=O) groups excluding carboxylic acids is 1. The Morgan fingerprint density at radius 2 is 1.75 bits per heavy atom. The lowest BCUT2D eigenvalue weighted by Crippen LogP contribution is -2.49. The normalized spacial score (nSPS) is 10.8. The fourth-order valence-electron chi connectivity index (χ4n) is 2.08. The first-order valence-electron chi connectivity index (χ1n) is 7.86. The van der Waals surface area contributed by atoms with Gasteiger partial charge in [0.05, 0.1) is 6.20 Å². The lowest BCUT2D eigenvalue weighted by atomic mass is 10.2. The lowest BCUT2D eigenvalue weighted by molar-refractivity contribution is -0.121. The van der Waals surface area contributed by atoms with E-state index in [1.807, 2.05) is 6.07 Å². The van der Waals surface area contributed by atoms with Crippen molar-refractivity contribution in [3.63, 3.8) is 0 Å². The van der Waals surface area contributed by atoms with Gasteiger partial charge < -0.3 is 0 Å². The predicted molar refractivity (Wildman–Crippen MR) is 112 cm³/mol. The fourth-order valence-corrected chi connectivity index (χ4v) is 3.45. The fraction of sp³-hybridized carbons (Fsp3) is 0.188. The molecule has 0 atom stereocenters. The highest BCUT2D eigenvalue weighted by molar-refractivity contribution is 7.90. The van der Waals surface area contributed by atoms with E-state index in [-0.39, 0.29) is 9.98 Å². The SMILES string of the molecule is CN(NS(=O)(=O)CC(=O)NN(C)C(=S)c1cnccn1)C(=S)c1ccccc1. The molecule has 0 radical (unpaired) electrons. The molecule has 0 saturated carbocycles. The molecule has 0 fully saturated rings. The van der Waals surface area contributed by atoms with Crippen LogP contribution >= 0.6 is 24.4 Å². The summed E-state index contributed by atoms with van der Waals surface area (Å²) >= 11 is 10.4. The van der Waals surface area contributed by atoms with Crippen LogP contribution in [-0.4, -0.2) is 64.1 Å². The van der Waals surface area contributed by atoms with Crippen molar-refractivity contribution in [2.45, 2.75) is 0 Å². The highest BCUT2D eigenvalue weighted by Crippen LogP contribution is 2.04. The Bertz CT molecular complexity index is 954. The van der Waals surface area contributed by atoms with Crippen molar-refractivity contribution in [3.05, 3.63) is 60.2 Å². The Balaban J connectivity index is 1.93. The van der Waals surface area contributed by atoms with Gasteiger partial charge in [-0.2, -0.15) is 0 Å². The number of hydrazine groups is 2. The van der Waals surface area contributed by atoms with Crippen LogP contribution in [0.3, 0.4) is 0 Å². The molecule has 0 unspecified atom stereocenters. The van der Waals surface area contributed by atoms with E-state index in [4.69, 9.17) is 24.4 Å². The minimum Gasteiger partial charge on any atom is -0.287 e. The lowest BCUT2D eigenvalue weighted by Gasteiger charge is -2.22. The Morgan fingerprint density at radius 1 is 1.07 bits per heavy atom. The molecule has 0 saturated heterocycles. The van der Waals surface area contributed by atoms with Crippen molar-refractivity contribution in [1.29, 1.82) is 0 Å². The second kappa shape index (κ2) is 9.59. The van der Waals surface area contributed by atoms with Crippen LogP contribution in [-0.2, 0) is 14.8 Å². The third-order valence-corrected chi connectivity index (χ3v) is 5.49. The van der Waals surface area contributed by atoms with E-state index >= 15 is 0 Å². The van der Waals surface area contributed by atoms with Crippen molar-refractivity contribution in [1.82, 2.24) is 30.2 Å². The van der Waals surface area contributed by atoms with Crippen LogP contribution in [0.1, 0.15) is 11.3 Å². The summed E-state index contributed by atoms with van der Waals surface area (Å²) in [6.45, 7) is 0. The van der Waals surface area contributed by atoms with Crippen LogP contribution in [0.25, 0.3) is 0 Å². The zero-order valence-corrected chi connectivity index (χ0v) is 17.5. The maximum Gasteiger partial charge on any atom is 0.255 e. The van der Waals surface area contributed by atoms with Gasteiger partial charge in [0.2, 0.25) is 10.0 Å². The minimum absolute atomic E-state index is 0.189. The van der Waals surface area contributed by atoms with E-state index in [2.05, 4.69) is 20.2 Å². The van der Waals surface area contributed by atoms with Gasteiger partial charge in [-0.05, 0) is 0 Å². The van der Waals surface area contributed by atoms with Gasteiger partial charge in [-0.3, -0.25) is 30.2 Å². The molecule has 0 aliphatic rings. The van der Waals surface area contributed by atoms with Crippen LogP contribution in [0.5, 0.6) is 0 Å². The number of nitrogens with one attached hydrogen (secondary N) is 2. The summed E-state index contributed by atoms with van der Waals surface area (Å²) in [5, 5.41) is 2.37. The van der Waals surface area contributed by atoms with E-state index in [0.717, 1.165) is 0 Å². The van der Waals surface area contributed by atoms with Crippen LogP contribution < -0.4 is 10.3 Å². The molecule has 12 heteroatoms. The first kappa shape index (κ1) is 21.8.